The molecule has 0 saturated heterocycles. The van der Waals surface area contributed by atoms with Gasteiger partial charge in [0.1, 0.15) is 5.76 Å². The maximum absolute atomic E-state index is 11.9. The minimum atomic E-state index is -3.69. The van der Waals surface area contributed by atoms with E-state index < -0.39 is 10.0 Å². The number of nitrogen functional groups attached to an aromatic ring is 1. The van der Waals surface area contributed by atoms with Gasteiger partial charge in [0, 0.05) is 7.05 Å². The number of imidazole rings is 1. The number of nitrogens with two attached hydrogens (primary N) is 1. The molecule has 0 radical (unpaired) electrons. The van der Waals surface area contributed by atoms with Crippen LogP contribution in [0.2, 0.25) is 0 Å². The predicted molar refractivity (Wildman–Crippen MR) is 60.4 cm³/mol. The van der Waals surface area contributed by atoms with E-state index in [2.05, 4.69) is 9.71 Å². The van der Waals surface area contributed by atoms with Gasteiger partial charge >= 0.3 is 0 Å². The van der Waals surface area contributed by atoms with E-state index in [1.165, 1.54) is 17.2 Å². The van der Waals surface area contributed by atoms with Crippen LogP contribution in [0.25, 0.3) is 0 Å². The third-order valence-electron chi connectivity index (χ3n) is 2.18. The Hall–Kier alpha value is -1.80. The Bertz CT molecular complexity index is 581. The molecule has 0 aliphatic carbocycles. The highest BCUT2D eigenvalue weighted by Gasteiger charge is 2.22. The number of aryl methyl sites for hydroxylation is 1. The molecule has 0 bridgehead atoms. The van der Waals surface area contributed by atoms with Crippen molar-refractivity contribution in [2.24, 2.45) is 7.05 Å². The Morgan fingerprint density at radius 2 is 2.35 bits per heavy atom. The highest BCUT2D eigenvalue weighted by Crippen LogP contribution is 2.15. The molecule has 2 aromatic heterocycles. The summed E-state index contributed by atoms with van der Waals surface area (Å²) in [5.74, 6) is 0.494. The van der Waals surface area contributed by atoms with Crippen LogP contribution in [-0.2, 0) is 23.6 Å². The number of aromatic nitrogens is 2. The summed E-state index contributed by atoms with van der Waals surface area (Å²) in [6.45, 7) is 0.0694. The first kappa shape index (κ1) is 11.7. The summed E-state index contributed by atoms with van der Waals surface area (Å²) in [5.41, 5.74) is 5.50. The lowest BCUT2D eigenvalue weighted by molar-refractivity contribution is 0.497. The van der Waals surface area contributed by atoms with Crippen molar-refractivity contribution in [3.05, 3.63) is 30.5 Å². The van der Waals surface area contributed by atoms with Crippen molar-refractivity contribution in [2.75, 3.05) is 5.73 Å². The number of nitrogens with zero attached hydrogens (tertiary/aromatic N) is 2. The second-order valence-electron chi connectivity index (χ2n) is 3.45. The van der Waals surface area contributed by atoms with Crippen LogP contribution in [0.4, 0.5) is 5.82 Å². The Morgan fingerprint density at radius 3 is 2.88 bits per heavy atom. The van der Waals surface area contributed by atoms with Crippen molar-refractivity contribution in [3.63, 3.8) is 0 Å². The normalized spacial score (nSPS) is 11.8. The molecule has 0 aromatic carbocycles. The Morgan fingerprint density at radius 1 is 1.59 bits per heavy atom. The van der Waals surface area contributed by atoms with Crippen molar-refractivity contribution in [1.29, 1.82) is 0 Å². The molecule has 2 aromatic rings. The highest BCUT2D eigenvalue weighted by molar-refractivity contribution is 7.89. The van der Waals surface area contributed by atoms with Crippen LogP contribution in [0.1, 0.15) is 5.76 Å². The zero-order valence-corrected chi connectivity index (χ0v) is 9.94. The molecule has 7 nitrogen and oxygen atoms in total. The molecule has 3 N–H and O–H groups in total. The molecule has 0 amide bonds. The van der Waals surface area contributed by atoms with Gasteiger partial charge in [-0.25, -0.2) is 18.1 Å². The number of hydrogen-bond donors (Lipinski definition) is 2. The van der Waals surface area contributed by atoms with Gasteiger partial charge in [-0.15, -0.1) is 0 Å². The lowest BCUT2D eigenvalue weighted by atomic mass is 10.5. The summed E-state index contributed by atoms with van der Waals surface area (Å²) >= 11 is 0. The molecule has 2 heterocycles. The molecule has 8 heteroatoms. The molecular weight excluding hydrogens is 244 g/mol. The van der Waals surface area contributed by atoms with E-state index in [4.69, 9.17) is 10.2 Å². The third kappa shape index (κ3) is 2.32. The molecular formula is C9H12N4O3S. The van der Waals surface area contributed by atoms with Crippen molar-refractivity contribution in [2.45, 2.75) is 11.6 Å². The fraction of sp³-hybridized carbons (Fsp3) is 0.222. The standard InChI is InChI=1S/C9H12N4O3S/c1-13-6-11-8(10)9(13)17(14,15)12-5-7-3-2-4-16-7/h2-4,6,12H,5,10H2,1H3. The third-order valence-corrected chi connectivity index (χ3v) is 3.71. The van der Waals surface area contributed by atoms with Gasteiger partial charge in [-0.2, -0.15) is 0 Å². The molecule has 17 heavy (non-hydrogen) atoms. The van der Waals surface area contributed by atoms with E-state index in [0.29, 0.717) is 5.76 Å². The molecule has 0 spiro atoms. The van der Waals surface area contributed by atoms with Crippen LogP contribution >= 0.6 is 0 Å². The van der Waals surface area contributed by atoms with E-state index in [0.717, 1.165) is 0 Å². The van der Waals surface area contributed by atoms with E-state index in [1.807, 2.05) is 0 Å². The molecule has 2 rings (SSSR count). The largest absolute Gasteiger partial charge is 0.468 e. The second-order valence-corrected chi connectivity index (χ2v) is 5.13. The Balaban J connectivity index is 2.20. The van der Waals surface area contributed by atoms with Crippen molar-refractivity contribution < 1.29 is 12.8 Å². The van der Waals surface area contributed by atoms with Crippen LogP contribution in [0, 0.1) is 0 Å². The maximum atomic E-state index is 11.9. The number of anilines is 1. The molecule has 0 aliphatic rings. The van der Waals surface area contributed by atoms with Crippen molar-refractivity contribution in [3.8, 4) is 0 Å². The van der Waals surface area contributed by atoms with Gasteiger partial charge in [0.05, 0.1) is 19.1 Å². The van der Waals surface area contributed by atoms with Crippen molar-refractivity contribution >= 4 is 15.8 Å². The maximum Gasteiger partial charge on any atom is 0.260 e. The number of hydrogen-bond acceptors (Lipinski definition) is 5. The quantitative estimate of drug-likeness (QED) is 0.806. The number of nitrogens with one attached hydrogen (secondary N) is 1. The van der Waals surface area contributed by atoms with Crippen LogP contribution in [0.3, 0.4) is 0 Å². The first-order chi connectivity index (χ1) is 8.00. The summed E-state index contributed by atoms with van der Waals surface area (Å²) in [5, 5.41) is -0.0518. The molecule has 0 saturated carbocycles. The Labute approximate surface area is 98.3 Å². The average Bonchev–Trinajstić information content (AvgIpc) is 2.86. The minimum absolute atomic E-state index is 0.0283. The lowest BCUT2D eigenvalue weighted by Crippen LogP contribution is -2.25. The van der Waals surface area contributed by atoms with Gasteiger partial charge in [-0.3, -0.25) is 0 Å². The van der Waals surface area contributed by atoms with Crippen LogP contribution < -0.4 is 10.5 Å². The van der Waals surface area contributed by atoms with Gasteiger partial charge in [0.15, 0.2) is 10.8 Å². The van der Waals surface area contributed by atoms with Gasteiger partial charge in [0.25, 0.3) is 10.0 Å². The molecule has 92 valence electrons. The van der Waals surface area contributed by atoms with E-state index in [9.17, 15) is 8.42 Å². The summed E-state index contributed by atoms with van der Waals surface area (Å²) in [6, 6.07) is 3.36. The first-order valence-electron chi connectivity index (χ1n) is 4.79. The van der Waals surface area contributed by atoms with E-state index >= 15 is 0 Å². The minimum Gasteiger partial charge on any atom is -0.468 e. The van der Waals surface area contributed by atoms with Crippen LogP contribution in [0.5, 0.6) is 0 Å². The summed E-state index contributed by atoms with van der Waals surface area (Å²) in [4.78, 5) is 3.73. The van der Waals surface area contributed by atoms with Gasteiger partial charge in [0.2, 0.25) is 0 Å². The average molecular weight is 256 g/mol. The zero-order valence-electron chi connectivity index (χ0n) is 9.12. The van der Waals surface area contributed by atoms with Gasteiger partial charge in [-0.05, 0) is 12.1 Å². The van der Waals surface area contributed by atoms with Crippen molar-refractivity contribution in [1.82, 2.24) is 14.3 Å². The molecule has 0 fully saturated rings. The number of sulfonamides is 1. The molecule has 0 unspecified atom stereocenters. The number of rotatable bonds is 4. The fourth-order valence-electron chi connectivity index (χ4n) is 1.41. The zero-order chi connectivity index (χ0) is 12.5. The summed E-state index contributed by atoms with van der Waals surface area (Å²) in [7, 11) is -2.13. The number of furan rings is 1. The SMILES string of the molecule is Cn1cnc(N)c1S(=O)(=O)NCc1ccco1. The molecule has 0 aliphatic heterocycles. The van der Waals surface area contributed by atoms with Crippen LogP contribution in [-0.4, -0.2) is 18.0 Å². The fourth-order valence-corrected chi connectivity index (χ4v) is 2.64. The molecule has 0 atom stereocenters. The monoisotopic (exact) mass is 256 g/mol. The van der Waals surface area contributed by atoms with E-state index in [-0.39, 0.29) is 17.4 Å². The lowest BCUT2D eigenvalue weighted by Gasteiger charge is -2.06. The summed E-state index contributed by atoms with van der Waals surface area (Å²) in [6.07, 6.45) is 2.82. The topological polar surface area (TPSA) is 103 Å². The summed E-state index contributed by atoms with van der Waals surface area (Å²) < 4.78 is 32.6. The van der Waals surface area contributed by atoms with Gasteiger partial charge in [-0.1, -0.05) is 0 Å². The Kier molecular flexibility index (Phi) is 2.90. The first-order valence-corrected chi connectivity index (χ1v) is 6.28. The predicted octanol–water partition coefficient (Wildman–Crippen LogP) is 0.0738. The van der Waals surface area contributed by atoms with Gasteiger partial charge < -0.3 is 14.7 Å². The smallest absolute Gasteiger partial charge is 0.260 e. The van der Waals surface area contributed by atoms with Crippen LogP contribution in [0.15, 0.2) is 34.2 Å². The second kappa shape index (κ2) is 4.22. The van der Waals surface area contributed by atoms with E-state index in [1.54, 1.807) is 19.2 Å². The highest BCUT2D eigenvalue weighted by atomic mass is 32.2.